The third kappa shape index (κ3) is 4.27. The number of halogens is 1. The summed E-state index contributed by atoms with van der Waals surface area (Å²) in [5.74, 6) is -0.727. The molecule has 0 saturated carbocycles. The molecule has 3 heterocycles. The van der Waals surface area contributed by atoms with Crippen LogP contribution in [0.4, 0.5) is 4.39 Å². The van der Waals surface area contributed by atoms with E-state index in [-0.39, 0.29) is 10.6 Å². The highest BCUT2D eigenvalue weighted by molar-refractivity contribution is 7.90. The minimum absolute atomic E-state index is 0.199. The Morgan fingerprint density at radius 1 is 0.824 bits per heavy atom. The highest BCUT2D eigenvalue weighted by Gasteiger charge is 2.18. The van der Waals surface area contributed by atoms with Gasteiger partial charge in [-0.05, 0) is 59.3 Å². The molecular weight excluding hydrogens is 451 g/mol. The third-order valence-electron chi connectivity index (χ3n) is 5.62. The molecular formula is C26H19FN4O2S. The van der Waals surface area contributed by atoms with E-state index in [0.717, 1.165) is 38.7 Å². The van der Waals surface area contributed by atoms with Gasteiger partial charge in [0.05, 0.1) is 22.0 Å². The van der Waals surface area contributed by atoms with Crippen LogP contribution in [-0.2, 0) is 15.6 Å². The van der Waals surface area contributed by atoms with E-state index in [1.807, 2.05) is 25.1 Å². The summed E-state index contributed by atoms with van der Waals surface area (Å²) >= 11 is 0. The van der Waals surface area contributed by atoms with Gasteiger partial charge in [0.25, 0.3) is 0 Å². The van der Waals surface area contributed by atoms with Crippen LogP contribution < -0.4 is 0 Å². The average molecular weight is 471 g/mol. The first-order chi connectivity index (χ1) is 16.4. The maximum absolute atomic E-state index is 13.5. The van der Waals surface area contributed by atoms with Gasteiger partial charge in [-0.15, -0.1) is 0 Å². The van der Waals surface area contributed by atoms with E-state index in [1.54, 1.807) is 42.6 Å². The van der Waals surface area contributed by atoms with E-state index < -0.39 is 15.8 Å². The molecule has 0 aliphatic carbocycles. The molecule has 0 amide bonds. The Balaban J connectivity index is 1.53. The smallest absolute Gasteiger partial charge is 0.213 e. The molecule has 168 valence electrons. The fourth-order valence-electron chi connectivity index (χ4n) is 3.94. The van der Waals surface area contributed by atoms with Crippen LogP contribution in [0, 0.1) is 12.9 Å². The first-order valence-electron chi connectivity index (χ1n) is 10.5. The molecule has 0 saturated heterocycles. The lowest BCUT2D eigenvalue weighted by Gasteiger charge is -2.12. The topological polar surface area (TPSA) is 85.7 Å². The van der Waals surface area contributed by atoms with Crippen LogP contribution in [-0.4, -0.2) is 28.4 Å². The molecule has 0 spiro atoms. The third-order valence-corrected chi connectivity index (χ3v) is 7.27. The van der Waals surface area contributed by atoms with Crippen molar-refractivity contribution in [2.24, 2.45) is 0 Å². The highest BCUT2D eigenvalue weighted by Crippen LogP contribution is 2.33. The fourth-order valence-corrected chi connectivity index (χ4v) is 5.25. The van der Waals surface area contributed by atoms with Gasteiger partial charge in [0.2, 0.25) is 5.95 Å². The fraction of sp³-hybridized carbons (Fsp3) is 0.0769. The molecule has 0 fully saturated rings. The normalized spacial score (nSPS) is 11.6. The van der Waals surface area contributed by atoms with Crippen molar-refractivity contribution in [1.29, 1.82) is 0 Å². The van der Waals surface area contributed by atoms with Gasteiger partial charge >= 0.3 is 0 Å². The predicted molar refractivity (Wildman–Crippen MR) is 128 cm³/mol. The Labute approximate surface area is 196 Å². The Hall–Kier alpha value is -4.04. The van der Waals surface area contributed by atoms with E-state index in [2.05, 4.69) is 19.9 Å². The standard InChI is InChI=1S/C26H19FN4O2S/c1-17-12-18(19-6-10-29-25(27)14-19)2-4-23(17)26-24-5-3-22(13-20(24)7-11-30-26)34(32,33)15-21-8-9-28-16-31-21/h2-14,16H,15H2,1H3. The van der Waals surface area contributed by atoms with Crippen LogP contribution in [0.3, 0.4) is 0 Å². The quantitative estimate of drug-likeness (QED) is 0.329. The monoisotopic (exact) mass is 470 g/mol. The minimum Gasteiger partial charge on any atom is -0.256 e. The second-order valence-electron chi connectivity index (χ2n) is 7.90. The van der Waals surface area contributed by atoms with Crippen molar-refractivity contribution in [1.82, 2.24) is 19.9 Å². The molecule has 0 radical (unpaired) electrons. The maximum atomic E-state index is 13.5. The number of aryl methyl sites for hydroxylation is 1. The zero-order valence-electron chi connectivity index (χ0n) is 18.2. The lowest BCUT2D eigenvalue weighted by atomic mass is 9.96. The molecule has 6 nitrogen and oxygen atoms in total. The number of benzene rings is 2. The van der Waals surface area contributed by atoms with Crippen LogP contribution >= 0.6 is 0 Å². The summed E-state index contributed by atoms with van der Waals surface area (Å²) in [5.41, 5.74) is 4.70. The van der Waals surface area contributed by atoms with Gasteiger partial charge in [-0.1, -0.05) is 24.3 Å². The van der Waals surface area contributed by atoms with Crippen LogP contribution in [0.1, 0.15) is 11.3 Å². The number of pyridine rings is 2. The number of aromatic nitrogens is 4. The molecule has 0 unspecified atom stereocenters. The van der Waals surface area contributed by atoms with Crippen LogP contribution in [0.2, 0.25) is 0 Å². The number of hydrogen-bond donors (Lipinski definition) is 0. The summed E-state index contributed by atoms with van der Waals surface area (Å²) in [6, 6.07) is 17.4. The molecule has 34 heavy (non-hydrogen) atoms. The van der Waals surface area contributed by atoms with Crippen molar-refractivity contribution in [2.75, 3.05) is 0 Å². The average Bonchev–Trinajstić information content (AvgIpc) is 2.84. The van der Waals surface area contributed by atoms with E-state index in [1.165, 1.54) is 24.8 Å². The van der Waals surface area contributed by atoms with E-state index in [0.29, 0.717) is 5.69 Å². The van der Waals surface area contributed by atoms with Crippen LogP contribution in [0.15, 0.2) is 90.5 Å². The van der Waals surface area contributed by atoms with Gasteiger partial charge in [-0.25, -0.2) is 23.4 Å². The second kappa shape index (κ2) is 8.72. The van der Waals surface area contributed by atoms with E-state index in [9.17, 15) is 12.8 Å². The van der Waals surface area contributed by atoms with Crippen molar-refractivity contribution in [3.63, 3.8) is 0 Å². The number of hydrogen-bond acceptors (Lipinski definition) is 6. The molecule has 0 aliphatic rings. The summed E-state index contributed by atoms with van der Waals surface area (Å²) < 4.78 is 39.4. The molecule has 0 aliphatic heterocycles. The Morgan fingerprint density at radius 3 is 2.41 bits per heavy atom. The first-order valence-corrected chi connectivity index (χ1v) is 12.2. The molecule has 2 aromatic carbocycles. The van der Waals surface area contributed by atoms with Gasteiger partial charge < -0.3 is 0 Å². The van der Waals surface area contributed by atoms with Gasteiger partial charge in [0.15, 0.2) is 9.84 Å². The minimum atomic E-state index is -3.58. The van der Waals surface area contributed by atoms with Gasteiger partial charge in [-0.3, -0.25) is 4.98 Å². The summed E-state index contributed by atoms with van der Waals surface area (Å²) in [4.78, 5) is 16.3. The first kappa shape index (κ1) is 21.8. The second-order valence-corrected chi connectivity index (χ2v) is 9.89. The summed E-state index contributed by atoms with van der Waals surface area (Å²) in [6.45, 7) is 1.97. The predicted octanol–water partition coefficient (Wildman–Crippen LogP) is 5.18. The van der Waals surface area contributed by atoms with Crippen LogP contribution in [0.25, 0.3) is 33.2 Å². The number of fused-ring (bicyclic) bond motifs is 1. The summed E-state index contributed by atoms with van der Waals surface area (Å²) in [7, 11) is -3.58. The molecule has 5 aromatic rings. The van der Waals surface area contributed by atoms with E-state index in [4.69, 9.17) is 0 Å². The maximum Gasteiger partial charge on any atom is 0.213 e. The van der Waals surface area contributed by atoms with Crippen LogP contribution in [0.5, 0.6) is 0 Å². The molecule has 0 N–H and O–H groups in total. The number of nitrogens with zero attached hydrogens (tertiary/aromatic N) is 4. The molecule has 8 heteroatoms. The SMILES string of the molecule is Cc1cc(-c2ccnc(F)c2)ccc1-c1nccc2cc(S(=O)(=O)Cc3ccncn3)ccc12. The molecule has 0 atom stereocenters. The summed E-state index contributed by atoms with van der Waals surface area (Å²) in [6.07, 6.45) is 5.97. The Bertz CT molecular complexity index is 1620. The zero-order chi connectivity index (χ0) is 23.7. The number of sulfone groups is 1. The number of rotatable bonds is 5. The van der Waals surface area contributed by atoms with Gasteiger partial charge in [0, 0.05) is 35.6 Å². The van der Waals surface area contributed by atoms with Crippen molar-refractivity contribution >= 4 is 20.6 Å². The lowest BCUT2D eigenvalue weighted by molar-refractivity contribution is 0.584. The van der Waals surface area contributed by atoms with Gasteiger partial charge in [-0.2, -0.15) is 4.39 Å². The van der Waals surface area contributed by atoms with E-state index >= 15 is 0 Å². The lowest BCUT2D eigenvalue weighted by Crippen LogP contribution is -2.06. The van der Waals surface area contributed by atoms with Crippen molar-refractivity contribution in [3.8, 4) is 22.4 Å². The molecule has 3 aromatic heterocycles. The highest BCUT2D eigenvalue weighted by atomic mass is 32.2. The van der Waals surface area contributed by atoms with Crippen molar-refractivity contribution < 1.29 is 12.8 Å². The Kier molecular flexibility index (Phi) is 5.59. The van der Waals surface area contributed by atoms with Gasteiger partial charge in [0.1, 0.15) is 6.33 Å². The van der Waals surface area contributed by atoms with Crippen molar-refractivity contribution in [2.45, 2.75) is 17.6 Å². The Morgan fingerprint density at radius 2 is 1.65 bits per heavy atom. The van der Waals surface area contributed by atoms with Crippen molar-refractivity contribution in [3.05, 3.63) is 103 Å². The molecule has 5 rings (SSSR count). The largest absolute Gasteiger partial charge is 0.256 e. The molecule has 0 bridgehead atoms. The zero-order valence-corrected chi connectivity index (χ0v) is 19.0. The summed E-state index contributed by atoms with van der Waals surface area (Å²) in [5, 5.41) is 1.61.